The van der Waals surface area contributed by atoms with Crippen molar-refractivity contribution in [3.8, 4) is 11.5 Å². The molecule has 1 heterocycles. The number of hydrogen-bond donors (Lipinski definition) is 2. The van der Waals surface area contributed by atoms with Gasteiger partial charge in [-0.15, -0.1) is 0 Å². The molecule has 3 aromatic carbocycles. The lowest BCUT2D eigenvalue weighted by atomic mass is 10.0. The van der Waals surface area contributed by atoms with Crippen molar-refractivity contribution in [3.63, 3.8) is 0 Å². The van der Waals surface area contributed by atoms with Crippen molar-refractivity contribution in [1.82, 2.24) is 4.57 Å². The number of halogens is 3. The van der Waals surface area contributed by atoms with Crippen LogP contribution in [0.25, 0.3) is 23.1 Å². The number of hydrogen-bond acceptors (Lipinski definition) is 4. The number of carboxylic acids is 2. The minimum absolute atomic E-state index is 0.0672. The molecular formula is C33H30ClF2NO6. The maximum absolute atomic E-state index is 15.1. The zero-order valence-corrected chi connectivity index (χ0v) is 24.1. The van der Waals surface area contributed by atoms with Gasteiger partial charge in [0.15, 0.2) is 11.6 Å². The van der Waals surface area contributed by atoms with Gasteiger partial charge in [0.05, 0.1) is 5.52 Å². The van der Waals surface area contributed by atoms with Gasteiger partial charge in [0.2, 0.25) is 0 Å². The number of aliphatic carboxylic acids is 2. The second-order valence-electron chi connectivity index (χ2n) is 9.72. The molecule has 4 rings (SSSR count). The Morgan fingerprint density at radius 3 is 2.30 bits per heavy atom. The summed E-state index contributed by atoms with van der Waals surface area (Å²) in [5.74, 6) is -2.28. The first kappa shape index (κ1) is 31.3. The fourth-order valence-electron chi connectivity index (χ4n) is 4.73. The first-order valence-corrected chi connectivity index (χ1v) is 13.9. The van der Waals surface area contributed by atoms with E-state index >= 15 is 4.39 Å². The number of rotatable bonds is 14. The Kier molecular flexibility index (Phi) is 10.6. The molecule has 43 heavy (non-hydrogen) atoms. The van der Waals surface area contributed by atoms with Gasteiger partial charge in [-0.05, 0) is 91.1 Å². The molecule has 7 nitrogen and oxygen atoms in total. The second-order valence-corrected chi connectivity index (χ2v) is 10.2. The van der Waals surface area contributed by atoms with Crippen molar-refractivity contribution in [2.24, 2.45) is 0 Å². The highest BCUT2D eigenvalue weighted by molar-refractivity contribution is 6.30. The van der Waals surface area contributed by atoms with Crippen LogP contribution in [0.4, 0.5) is 8.78 Å². The highest BCUT2D eigenvalue weighted by Gasteiger charge is 2.21. The molecule has 0 saturated carbocycles. The third kappa shape index (κ3) is 8.23. The molecule has 0 bridgehead atoms. The Balaban J connectivity index is 1.43. The summed E-state index contributed by atoms with van der Waals surface area (Å²) in [5, 5.41) is 19.2. The Morgan fingerprint density at radius 2 is 1.63 bits per heavy atom. The molecule has 0 amide bonds. The van der Waals surface area contributed by atoms with Crippen LogP contribution in [0.3, 0.4) is 0 Å². The summed E-state index contributed by atoms with van der Waals surface area (Å²) in [6.07, 6.45) is 7.66. The normalized spacial score (nSPS) is 11.5. The van der Waals surface area contributed by atoms with Crippen molar-refractivity contribution in [2.75, 3.05) is 13.2 Å². The number of nitrogens with zero attached hydrogens (tertiary/aromatic N) is 1. The summed E-state index contributed by atoms with van der Waals surface area (Å²) < 4.78 is 41.5. The quantitative estimate of drug-likeness (QED) is 0.113. The molecule has 0 saturated heterocycles. The number of carboxylic acid groups (broad SMARTS) is 2. The Hall–Kier alpha value is -4.63. The van der Waals surface area contributed by atoms with Crippen LogP contribution >= 0.6 is 11.6 Å². The summed E-state index contributed by atoms with van der Waals surface area (Å²) in [7, 11) is 0. The molecule has 0 radical (unpaired) electrons. The standard InChI is InChI=1S/C33H30ClF2NO6/c1-21-26(5-4-6-30(38)39)32-27(35)15-11-23(33(32)37(21)20-31(40)41)10-7-22-8-13-25(14-9-22)42-17-2-3-18-43-29-16-12-24(34)19-28(29)36/h2-3,7-16,19H,4-6,17-18,20H2,1H3,(H,38,39)(H,40,41)/b3-2+,10-7?. The van der Waals surface area contributed by atoms with Crippen molar-refractivity contribution in [2.45, 2.75) is 32.7 Å². The summed E-state index contributed by atoms with van der Waals surface area (Å²) in [4.78, 5) is 22.7. The van der Waals surface area contributed by atoms with E-state index in [1.165, 1.54) is 18.2 Å². The fraction of sp³-hybridized carbons (Fsp3) is 0.212. The summed E-state index contributed by atoms with van der Waals surface area (Å²) >= 11 is 5.73. The van der Waals surface area contributed by atoms with Crippen LogP contribution in [0.1, 0.15) is 35.2 Å². The molecule has 0 unspecified atom stereocenters. The van der Waals surface area contributed by atoms with Gasteiger partial charge in [0, 0.05) is 22.5 Å². The molecular weight excluding hydrogens is 580 g/mol. The van der Waals surface area contributed by atoms with Gasteiger partial charge >= 0.3 is 11.9 Å². The zero-order valence-electron chi connectivity index (χ0n) is 23.4. The van der Waals surface area contributed by atoms with Crippen LogP contribution in [-0.4, -0.2) is 39.9 Å². The third-order valence-corrected chi connectivity index (χ3v) is 6.99. The topological polar surface area (TPSA) is 98.0 Å². The number of fused-ring (bicyclic) bond motifs is 1. The maximum atomic E-state index is 15.1. The van der Waals surface area contributed by atoms with E-state index in [2.05, 4.69) is 0 Å². The van der Waals surface area contributed by atoms with Crippen LogP contribution in [0, 0.1) is 18.6 Å². The van der Waals surface area contributed by atoms with Gasteiger partial charge in [0.1, 0.15) is 31.3 Å². The smallest absolute Gasteiger partial charge is 0.323 e. The first-order chi connectivity index (χ1) is 20.6. The average Bonchev–Trinajstić information content (AvgIpc) is 3.23. The van der Waals surface area contributed by atoms with Gasteiger partial charge in [0.25, 0.3) is 0 Å². The summed E-state index contributed by atoms with van der Waals surface area (Å²) in [5.41, 5.74) is 3.15. The molecule has 0 aliphatic heterocycles. The highest BCUT2D eigenvalue weighted by Crippen LogP contribution is 2.33. The predicted octanol–water partition coefficient (Wildman–Crippen LogP) is 7.56. The second kappa shape index (κ2) is 14.5. The third-order valence-electron chi connectivity index (χ3n) is 6.76. The number of ether oxygens (including phenoxy) is 2. The molecule has 0 aliphatic rings. The molecule has 0 spiro atoms. The number of aryl methyl sites for hydroxylation is 1. The summed E-state index contributed by atoms with van der Waals surface area (Å²) in [6.45, 7) is 1.83. The van der Waals surface area contributed by atoms with Crippen LogP contribution in [-0.2, 0) is 22.6 Å². The van der Waals surface area contributed by atoms with Crippen molar-refractivity contribution >= 4 is 46.6 Å². The minimum Gasteiger partial charge on any atom is -0.490 e. The van der Waals surface area contributed by atoms with E-state index in [4.69, 9.17) is 26.2 Å². The SMILES string of the molecule is Cc1c(CCCC(=O)O)c2c(F)ccc(C=Cc3ccc(OC/C=C/COc4ccc(Cl)cc4F)cc3)c2n1CC(=O)O. The zero-order chi connectivity index (χ0) is 30.9. The van der Waals surface area contributed by atoms with E-state index in [0.717, 1.165) is 5.56 Å². The van der Waals surface area contributed by atoms with E-state index in [-0.39, 0.29) is 31.9 Å². The Bertz CT molecular complexity index is 1680. The fourth-order valence-corrected chi connectivity index (χ4v) is 4.89. The highest BCUT2D eigenvalue weighted by atomic mass is 35.5. The Labute approximate surface area is 252 Å². The van der Waals surface area contributed by atoms with Crippen molar-refractivity contribution < 1.29 is 38.1 Å². The molecule has 2 N–H and O–H groups in total. The van der Waals surface area contributed by atoms with E-state index in [1.807, 2.05) is 18.2 Å². The molecule has 1 aromatic heterocycles. The predicted molar refractivity (Wildman–Crippen MR) is 162 cm³/mol. The van der Waals surface area contributed by atoms with Crippen LogP contribution in [0.2, 0.25) is 5.02 Å². The van der Waals surface area contributed by atoms with Crippen LogP contribution in [0.5, 0.6) is 11.5 Å². The number of aromatic nitrogens is 1. The van der Waals surface area contributed by atoms with Crippen molar-refractivity contribution in [1.29, 1.82) is 0 Å². The summed E-state index contributed by atoms with van der Waals surface area (Å²) in [6, 6.07) is 14.4. The maximum Gasteiger partial charge on any atom is 0.323 e. The lowest BCUT2D eigenvalue weighted by molar-refractivity contribution is -0.138. The van der Waals surface area contributed by atoms with Gasteiger partial charge < -0.3 is 24.3 Å². The van der Waals surface area contributed by atoms with Gasteiger partial charge in [-0.3, -0.25) is 9.59 Å². The average molecular weight is 610 g/mol. The van der Waals surface area contributed by atoms with Gasteiger partial charge in [-0.1, -0.05) is 35.9 Å². The van der Waals surface area contributed by atoms with E-state index in [1.54, 1.807) is 54.0 Å². The van der Waals surface area contributed by atoms with E-state index in [9.17, 15) is 19.1 Å². The van der Waals surface area contributed by atoms with Crippen LogP contribution in [0.15, 0.2) is 66.7 Å². The van der Waals surface area contributed by atoms with Crippen LogP contribution < -0.4 is 9.47 Å². The number of carbonyl (C=O) groups is 2. The molecule has 0 aliphatic carbocycles. The number of benzene rings is 3. The van der Waals surface area contributed by atoms with Crippen molar-refractivity contribution in [3.05, 3.63) is 106 Å². The molecule has 10 heteroatoms. The minimum atomic E-state index is -1.07. The van der Waals surface area contributed by atoms with Gasteiger partial charge in [-0.25, -0.2) is 8.78 Å². The lowest BCUT2D eigenvalue weighted by Crippen LogP contribution is -2.10. The molecule has 4 aromatic rings. The Morgan fingerprint density at radius 1 is 0.907 bits per heavy atom. The largest absolute Gasteiger partial charge is 0.490 e. The van der Waals surface area contributed by atoms with Gasteiger partial charge in [-0.2, -0.15) is 0 Å². The van der Waals surface area contributed by atoms with E-state index in [0.29, 0.717) is 51.3 Å². The van der Waals surface area contributed by atoms with E-state index < -0.39 is 23.6 Å². The lowest BCUT2D eigenvalue weighted by Gasteiger charge is -2.08. The molecule has 224 valence electrons. The first-order valence-electron chi connectivity index (χ1n) is 13.5. The molecule has 0 fully saturated rings. The molecule has 0 atom stereocenters. The monoisotopic (exact) mass is 609 g/mol.